The summed E-state index contributed by atoms with van der Waals surface area (Å²) < 4.78 is 0. The molecule has 3 nitrogen and oxygen atoms in total. The van der Waals surface area contributed by atoms with Crippen LogP contribution in [0.3, 0.4) is 0 Å². The van der Waals surface area contributed by atoms with Crippen LogP contribution in [-0.4, -0.2) is 10.2 Å². The van der Waals surface area contributed by atoms with Crippen molar-refractivity contribution in [3.05, 3.63) is 36.0 Å². The highest BCUT2D eigenvalue weighted by atomic mass is 16.5. The van der Waals surface area contributed by atoms with E-state index in [9.17, 15) is 0 Å². The second kappa shape index (κ2) is 4.04. The summed E-state index contributed by atoms with van der Waals surface area (Å²) in [7, 11) is 0. The maximum absolute atomic E-state index is 9.11. The van der Waals surface area contributed by atoms with Gasteiger partial charge in [-0.3, -0.25) is 0 Å². The molecular formula is C12H16N2O. The number of benzene rings is 1. The molecule has 0 bridgehead atoms. The molecule has 0 amide bonds. The SMILES string of the molecule is CC(C)C(NO)c1ccc2cc[nH]c2c1. The van der Waals surface area contributed by atoms with E-state index in [0.717, 1.165) is 11.1 Å². The summed E-state index contributed by atoms with van der Waals surface area (Å²) >= 11 is 0. The Morgan fingerprint density at radius 2 is 2.07 bits per heavy atom. The van der Waals surface area contributed by atoms with Crippen LogP contribution in [0.1, 0.15) is 25.5 Å². The Bertz CT molecular complexity index is 448. The summed E-state index contributed by atoms with van der Waals surface area (Å²) in [4.78, 5) is 3.17. The molecule has 0 saturated heterocycles. The number of fused-ring (bicyclic) bond motifs is 1. The zero-order valence-electron chi connectivity index (χ0n) is 8.99. The third-order valence-corrected chi connectivity index (χ3v) is 2.74. The van der Waals surface area contributed by atoms with Crippen molar-refractivity contribution in [3.8, 4) is 0 Å². The van der Waals surface area contributed by atoms with E-state index in [1.165, 1.54) is 5.39 Å². The van der Waals surface area contributed by atoms with E-state index in [-0.39, 0.29) is 6.04 Å². The van der Waals surface area contributed by atoms with Crippen molar-refractivity contribution in [2.75, 3.05) is 0 Å². The first-order valence-electron chi connectivity index (χ1n) is 5.19. The molecule has 1 unspecified atom stereocenters. The zero-order chi connectivity index (χ0) is 10.8. The molecule has 80 valence electrons. The molecule has 2 aromatic rings. The van der Waals surface area contributed by atoms with Crippen LogP contribution in [0.2, 0.25) is 0 Å². The largest absolute Gasteiger partial charge is 0.361 e. The standard InChI is InChI=1S/C12H16N2O/c1-8(2)12(14-15)10-4-3-9-5-6-13-11(9)7-10/h3-8,12-15H,1-2H3. The van der Waals surface area contributed by atoms with Crippen LogP contribution in [0.15, 0.2) is 30.5 Å². The molecular weight excluding hydrogens is 188 g/mol. The average Bonchev–Trinajstić information content (AvgIpc) is 2.65. The summed E-state index contributed by atoms with van der Waals surface area (Å²) in [5.41, 5.74) is 4.57. The van der Waals surface area contributed by atoms with E-state index in [1.54, 1.807) is 0 Å². The lowest BCUT2D eigenvalue weighted by Crippen LogP contribution is -2.22. The number of H-pyrrole nitrogens is 1. The number of rotatable bonds is 3. The Hall–Kier alpha value is -1.32. The van der Waals surface area contributed by atoms with Gasteiger partial charge in [0.25, 0.3) is 0 Å². The number of nitrogens with one attached hydrogen (secondary N) is 2. The van der Waals surface area contributed by atoms with Gasteiger partial charge in [-0.15, -0.1) is 0 Å². The molecule has 0 saturated carbocycles. The van der Waals surface area contributed by atoms with Gasteiger partial charge in [0.15, 0.2) is 0 Å². The van der Waals surface area contributed by atoms with Crippen molar-refractivity contribution in [1.29, 1.82) is 0 Å². The van der Waals surface area contributed by atoms with E-state index in [1.807, 2.05) is 18.3 Å². The summed E-state index contributed by atoms with van der Waals surface area (Å²) in [6, 6.07) is 8.20. The van der Waals surface area contributed by atoms with Gasteiger partial charge in [-0.2, -0.15) is 5.48 Å². The fraction of sp³-hybridized carbons (Fsp3) is 0.333. The lowest BCUT2D eigenvalue weighted by Gasteiger charge is -2.19. The van der Waals surface area contributed by atoms with E-state index in [2.05, 4.69) is 36.4 Å². The molecule has 1 aromatic heterocycles. The molecule has 0 radical (unpaired) electrons. The van der Waals surface area contributed by atoms with Gasteiger partial charge < -0.3 is 10.2 Å². The molecule has 1 heterocycles. The molecule has 0 spiro atoms. The first-order chi connectivity index (χ1) is 7.22. The number of aromatic nitrogens is 1. The van der Waals surface area contributed by atoms with E-state index in [0.29, 0.717) is 5.92 Å². The van der Waals surface area contributed by atoms with Crippen LogP contribution in [0.25, 0.3) is 10.9 Å². The van der Waals surface area contributed by atoms with Gasteiger partial charge in [-0.25, -0.2) is 0 Å². The Kier molecular flexibility index (Phi) is 2.75. The lowest BCUT2D eigenvalue weighted by atomic mass is 9.96. The van der Waals surface area contributed by atoms with Gasteiger partial charge in [-0.05, 0) is 29.0 Å². The highest BCUT2D eigenvalue weighted by Crippen LogP contribution is 2.24. The van der Waals surface area contributed by atoms with Crippen LogP contribution in [0.4, 0.5) is 0 Å². The minimum Gasteiger partial charge on any atom is -0.361 e. The van der Waals surface area contributed by atoms with Crippen LogP contribution in [0, 0.1) is 5.92 Å². The third-order valence-electron chi connectivity index (χ3n) is 2.74. The Morgan fingerprint density at radius 3 is 2.73 bits per heavy atom. The maximum Gasteiger partial charge on any atom is 0.0592 e. The van der Waals surface area contributed by atoms with Crippen LogP contribution < -0.4 is 5.48 Å². The van der Waals surface area contributed by atoms with Crippen molar-refractivity contribution in [2.24, 2.45) is 5.92 Å². The summed E-state index contributed by atoms with van der Waals surface area (Å²) in [5.74, 6) is 0.349. The smallest absolute Gasteiger partial charge is 0.0592 e. The summed E-state index contributed by atoms with van der Waals surface area (Å²) in [6.07, 6.45) is 1.92. The Morgan fingerprint density at radius 1 is 1.27 bits per heavy atom. The average molecular weight is 204 g/mol. The minimum atomic E-state index is -0.0160. The van der Waals surface area contributed by atoms with Crippen LogP contribution >= 0.6 is 0 Å². The van der Waals surface area contributed by atoms with Gasteiger partial charge in [-0.1, -0.05) is 26.0 Å². The molecule has 15 heavy (non-hydrogen) atoms. The van der Waals surface area contributed by atoms with Gasteiger partial charge >= 0.3 is 0 Å². The fourth-order valence-electron chi connectivity index (χ4n) is 1.87. The second-order valence-corrected chi connectivity index (χ2v) is 4.18. The molecule has 1 atom stereocenters. The van der Waals surface area contributed by atoms with Crippen LogP contribution in [-0.2, 0) is 0 Å². The molecule has 0 aliphatic heterocycles. The monoisotopic (exact) mass is 204 g/mol. The van der Waals surface area contributed by atoms with Crippen molar-refractivity contribution >= 4 is 10.9 Å². The molecule has 1 aromatic carbocycles. The molecule has 0 fully saturated rings. The first kappa shape index (κ1) is 10.2. The Balaban J connectivity index is 2.41. The summed E-state index contributed by atoms with van der Waals surface area (Å²) in [5, 5.41) is 10.3. The molecule has 0 aliphatic carbocycles. The van der Waals surface area contributed by atoms with E-state index >= 15 is 0 Å². The highest BCUT2D eigenvalue weighted by Gasteiger charge is 2.14. The fourth-order valence-corrected chi connectivity index (χ4v) is 1.87. The first-order valence-corrected chi connectivity index (χ1v) is 5.19. The van der Waals surface area contributed by atoms with E-state index < -0.39 is 0 Å². The third kappa shape index (κ3) is 1.89. The van der Waals surface area contributed by atoms with Crippen molar-refractivity contribution < 1.29 is 5.21 Å². The van der Waals surface area contributed by atoms with Crippen molar-refractivity contribution in [3.63, 3.8) is 0 Å². The number of hydroxylamine groups is 1. The van der Waals surface area contributed by atoms with Gasteiger partial charge in [0.05, 0.1) is 6.04 Å². The maximum atomic E-state index is 9.11. The molecule has 2 rings (SSSR count). The topological polar surface area (TPSA) is 48.0 Å². The zero-order valence-corrected chi connectivity index (χ0v) is 8.99. The van der Waals surface area contributed by atoms with Crippen molar-refractivity contribution in [1.82, 2.24) is 10.5 Å². The normalized spacial score (nSPS) is 13.6. The molecule has 0 aliphatic rings. The molecule has 3 N–H and O–H groups in total. The van der Waals surface area contributed by atoms with Gasteiger partial charge in [0.1, 0.15) is 0 Å². The van der Waals surface area contributed by atoms with Gasteiger partial charge in [0.2, 0.25) is 0 Å². The van der Waals surface area contributed by atoms with E-state index in [4.69, 9.17) is 5.21 Å². The lowest BCUT2D eigenvalue weighted by molar-refractivity contribution is 0.105. The van der Waals surface area contributed by atoms with Crippen molar-refractivity contribution in [2.45, 2.75) is 19.9 Å². The number of hydrogen-bond acceptors (Lipinski definition) is 2. The predicted octanol–water partition coefficient (Wildman–Crippen LogP) is 2.84. The highest BCUT2D eigenvalue weighted by molar-refractivity contribution is 5.79. The summed E-state index contributed by atoms with van der Waals surface area (Å²) in [6.45, 7) is 4.15. The van der Waals surface area contributed by atoms with Gasteiger partial charge in [0, 0.05) is 11.7 Å². The predicted molar refractivity (Wildman–Crippen MR) is 60.8 cm³/mol. The second-order valence-electron chi connectivity index (χ2n) is 4.18. The number of aromatic amines is 1. The Labute approximate surface area is 89.1 Å². The van der Waals surface area contributed by atoms with Crippen LogP contribution in [0.5, 0.6) is 0 Å². The minimum absolute atomic E-state index is 0.0160. The molecule has 3 heteroatoms. The quantitative estimate of drug-likeness (QED) is 0.673. The number of hydrogen-bond donors (Lipinski definition) is 3.